The summed E-state index contributed by atoms with van der Waals surface area (Å²) in [7, 11) is 0. The topological polar surface area (TPSA) is 81.2 Å². The minimum absolute atomic E-state index is 0.116. The SMILES string of the molecule is NC1CCCCCC1Nc1ccc([N+](=O)[O-])cc1. The molecular formula is C13H19N3O2. The Morgan fingerprint density at radius 2 is 1.83 bits per heavy atom. The van der Waals surface area contributed by atoms with E-state index < -0.39 is 0 Å². The molecule has 1 fully saturated rings. The van der Waals surface area contributed by atoms with Crippen LogP contribution in [-0.4, -0.2) is 17.0 Å². The molecule has 0 aromatic heterocycles. The fourth-order valence-electron chi connectivity index (χ4n) is 2.41. The van der Waals surface area contributed by atoms with Crippen molar-refractivity contribution in [3.63, 3.8) is 0 Å². The number of nitrogens with zero attached hydrogens (tertiary/aromatic N) is 1. The Kier molecular flexibility index (Phi) is 4.15. The molecule has 0 radical (unpaired) electrons. The van der Waals surface area contributed by atoms with E-state index in [4.69, 9.17) is 5.73 Å². The normalized spacial score (nSPS) is 24.3. The summed E-state index contributed by atoms with van der Waals surface area (Å²) in [6.07, 6.45) is 5.74. The lowest BCUT2D eigenvalue weighted by atomic mass is 10.0. The van der Waals surface area contributed by atoms with Crippen LogP contribution in [0.1, 0.15) is 32.1 Å². The molecule has 1 aliphatic rings. The molecule has 18 heavy (non-hydrogen) atoms. The van der Waals surface area contributed by atoms with Crippen LogP contribution in [0.25, 0.3) is 0 Å². The number of benzene rings is 1. The van der Waals surface area contributed by atoms with Crippen molar-refractivity contribution >= 4 is 11.4 Å². The van der Waals surface area contributed by atoms with Gasteiger partial charge in [0.1, 0.15) is 0 Å². The highest BCUT2D eigenvalue weighted by atomic mass is 16.6. The van der Waals surface area contributed by atoms with E-state index in [-0.39, 0.29) is 22.7 Å². The minimum atomic E-state index is -0.388. The molecule has 0 spiro atoms. The van der Waals surface area contributed by atoms with Crippen molar-refractivity contribution in [1.82, 2.24) is 0 Å². The van der Waals surface area contributed by atoms with Crippen molar-refractivity contribution in [3.8, 4) is 0 Å². The largest absolute Gasteiger partial charge is 0.381 e. The number of nitro groups is 1. The molecule has 2 unspecified atom stereocenters. The van der Waals surface area contributed by atoms with Crippen LogP contribution in [0.2, 0.25) is 0 Å². The maximum Gasteiger partial charge on any atom is 0.269 e. The highest BCUT2D eigenvalue weighted by molar-refractivity contribution is 5.49. The highest BCUT2D eigenvalue weighted by Crippen LogP contribution is 2.22. The van der Waals surface area contributed by atoms with Gasteiger partial charge in [-0.1, -0.05) is 19.3 Å². The first kappa shape index (κ1) is 12.8. The number of non-ortho nitro benzene ring substituents is 1. The monoisotopic (exact) mass is 249 g/mol. The average Bonchev–Trinajstić information content (AvgIpc) is 2.56. The van der Waals surface area contributed by atoms with Gasteiger partial charge in [-0.2, -0.15) is 0 Å². The Hall–Kier alpha value is -1.62. The van der Waals surface area contributed by atoms with Crippen LogP contribution >= 0.6 is 0 Å². The summed E-state index contributed by atoms with van der Waals surface area (Å²) in [6.45, 7) is 0. The maximum absolute atomic E-state index is 10.6. The molecule has 1 aromatic carbocycles. The van der Waals surface area contributed by atoms with Crippen LogP contribution in [0.3, 0.4) is 0 Å². The van der Waals surface area contributed by atoms with Gasteiger partial charge in [-0.25, -0.2) is 0 Å². The van der Waals surface area contributed by atoms with E-state index in [9.17, 15) is 10.1 Å². The number of rotatable bonds is 3. The van der Waals surface area contributed by atoms with E-state index in [1.54, 1.807) is 12.1 Å². The first-order valence-electron chi connectivity index (χ1n) is 6.43. The minimum Gasteiger partial charge on any atom is -0.381 e. The van der Waals surface area contributed by atoms with Crippen molar-refractivity contribution in [2.45, 2.75) is 44.2 Å². The van der Waals surface area contributed by atoms with Crippen LogP contribution in [0.15, 0.2) is 24.3 Å². The lowest BCUT2D eigenvalue weighted by Gasteiger charge is -2.23. The van der Waals surface area contributed by atoms with E-state index >= 15 is 0 Å². The molecule has 2 atom stereocenters. The van der Waals surface area contributed by atoms with Crippen molar-refractivity contribution in [3.05, 3.63) is 34.4 Å². The average molecular weight is 249 g/mol. The highest BCUT2D eigenvalue weighted by Gasteiger charge is 2.20. The van der Waals surface area contributed by atoms with Crippen molar-refractivity contribution in [2.75, 3.05) is 5.32 Å². The molecule has 0 amide bonds. The second kappa shape index (κ2) is 5.82. The van der Waals surface area contributed by atoms with Crippen LogP contribution in [0.5, 0.6) is 0 Å². The Morgan fingerprint density at radius 1 is 1.17 bits per heavy atom. The Morgan fingerprint density at radius 3 is 2.50 bits per heavy atom. The van der Waals surface area contributed by atoms with Gasteiger partial charge in [-0.05, 0) is 25.0 Å². The Labute approximate surface area is 107 Å². The summed E-state index contributed by atoms with van der Waals surface area (Å²) in [4.78, 5) is 10.2. The fraction of sp³-hybridized carbons (Fsp3) is 0.538. The lowest BCUT2D eigenvalue weighted by Crippen LogP contribution is -2.39. The first-order valence-corrected chi connectivity index (χ1v) is 6.43. The third-order valence-electron chi connectivity index (χ3n) is 3.50. The van der Waals surface area contributed by atoms with Crippen molar-refractivity contribution in [2.24, 2.45) is 5.73 Å². The molecule has 1 aromatic rings. The van der Waals surface area contributed by atoms with Gasteiger partial charge in [0.15, 0.2) is 0 Å². The van der Waals surface area contributed by atoms with Crippen LogP contribution < -0.4 is 11.1 Å². The van der Waals surface area contributed by atoms with E-state index in [0.29, 0.717) is 0 Å². The van der Waals surface area contributed by atoms with Gasteiger partial charge in [0, 0.05) is 29.9 Å². The first-order chi connectivity index (χ1) is 8.66. The van der Waals surface area contributed by atoms with Gasteiger partial charge in [0.2, 0.25) is 0 Å². The van der Waals surface area contributed by atoms with Crippen molar-refractivity contribution < 1.29 is 4.92 Å². The molecule has 1 saturated carbocycles. The summed E-state index contributed by atoms with van der Waals surface area (Å²) < 4.78 is 0. The van der Waals surface area contributed by atoms with E-state index in [1.165, 1.54) is 31.4 Å². The Balaban J connectivity index is 2.01. The predicted molar refractivity (Wildman–Crippen MR) is 71.6 cm³/mol. The van der Waals surface area contributed by atoms with Crippen LogP contribution in [0, 0.1) is 10.1 Å². The molecule has 0 heterocycles. The van der Waals surface area contributed by atoms with Gasteiger partial charge in [0.25, 0.3) is 5.69 Å². The second-order valence-corrected chi connectivity index (χ2v) is 4.86. The van der Waals surface area contributed by atoms with Crippen molar-refractivity contribution in [1.29, 1.82) is 0 Å². The van der Waals surface area contributed by atoms with E-state index in [2.05, 4.69) is 5.32 Å². The van der Waals surface area contributed by atoms with Gasteiger partial charge < -0.3 is 11.1 Å². The Bertz CT molecular complexity index is 405. The molecule has 2 rings (SSSR count). The molecule has 98 valence electrons. The summed E-state index contributed by atoms with van der Waals surface area (Å²) >= 11 is 0. The van der Waals surface area contributed by atoms with E-state index in [1.807, 2.05) is 0 Å². The summed E-state index contributed by atoms with van der Waals surface area (Å²) in [6, 6.07) is 6.97. The van der Waals surface area contributed by atoms with E-state index in [0.717, 1.165) is 18.5 Å². The molecule has 0 aliphatic heterocycles. The quantitative estimate of drug-likeness (QED) is 0.490. The third-order valence-corrected chi connectivity index (χ3v) is 3.50. The molecule has 0 bridgehead atoms. The van der Waals surface area contributed by atoms with Gasteiger partial charge in [-0.3, -0.25) is 10.1 Å². The molecule has 5 heteroatoms. The predicted octanol–water partition coefficient (Wildman–Crippen LogP) is 2.67. The van der Waals surface area contributed by atoms with Crippen LogP contribution in [-0.2, 0) is 0 Å². The zero-order valence-electron chi connectivity index (χ0n) is 10.3. The van der Waals surface area contributed by atoms with Crippen LogP contribution in [0.4, 0.5) is 11.4 Å². The second-order valence-electron chi connectivity index (χ2n) is 4.86. The van der Waals surface area contributed by atoms with Gasteiger partial charge >= 0.3 is 0 Å². The van der Waals surface area contributed by atoms with Gasteiger partial charge in [-0.15, -0.1) is 0 Å². The zero-order chi connectivity index (χ0) is 13.0. The number of hydrogen-bond donors (Lipinski definition) is 2. The molecule has 5 nitrogen and oxygen atoms in total. The molecule has 1 aliphatic carbocycles. The molecule has 0 saturated heterocycles. The standard InChI is InChI=1S/C13H19N3O2/c14-12-4-2-1-3-5-13(12)15-10-6-8-11(9-7-10)16(17)18/h6-9,12-13,15H,1-5,14H2. The summed E-state index contributed by atoms with van der Waals surface area (Å²) in [5.41, 5.74) is 7.16. The number of nitrogens with one attached hydrogen (secondary N) is 1. The summed E-state index contributed by atoms with van der Waals surface area (Å²) in [5, 5.41) is 14.0. The molecular weight excluding hydrogens is 230 g/mol. The zero-order valence-corrected chi connectivity index (χ0v) is 10.3. The third kappa shape index (κ3) is 3.20. The van der Waals surface area contributed by atoms with Gasteiger partial charge in [0.05, 0.1) is 4.92 Å². The number of anilines is 1. The lowest BCUT2D eigenvalue weighted by molar-refractivity contribution is -0.384. The number of nitrogens with two attached hydrogens (primary N) is 1. The number of nitro benzene ring substituents is 1. The number of hydrogen-bond acceptors (Lipinski definition) is 4. The fourth-order valence-corrected chi connectivity index (χ4v) is 2.41. The summed E-state index contributed by atoms with van der Waals surface area (Å²) in [5.74, 6) is 0. The smallest absolute Gasteiger partial charge is 0.269 e. The maximum atomic E-state index is 10.6. The molecule has 3 N–H and O–H groups in total.